The maximum atomic E-state index is 11.4. The van der Waals surface area contributed by atoms with Gasteiger partial charge in [0, 0.05) is 7.11 Å². The predicted octanol–water partition coefficient (Wildman–Crippen LogP) is -0.614. The van der Waals surface area contributed by atoms with Crippen molar-refractivity contribution in [1.82, 2.24) is 45.7 Å². The van der Waals surface area contributed by atoms with Crippen LogP contribution in [0.15, 0.2) is 122 Å². The van der Waals surface area contributed by atoms with Crippen molar-refractivity contribution in [2.24, 2.45) is 11.5 Å². The number of methoxy groups -OCH3 is 2. The van der Waals surface area contributed by atoms with E-state index < -0.39 is 62.7 Å². The van der Waals surface area contributed by atoms with Crippen LogP contribution in [0.2, 0.25) is 0 Å². The van der Waals surface area contributed by atoms with Crippen LogP contribution in [0, 0.1) is 30.3 Å². The molecule has 0 spiro atoms. The molecular weight excluding hydrogens is 1110 g/mol. The topological polar surface area (TPSA) is 584 Å². The number of aromatic amines is 1. The van der Waals surface area contributed by atoms with E-state index in [0.717, 1.165) is 56.7 Å². The first-order valence-corrected chi connectivity index (χ1v) is 22.5. The Morgan fingerprint density at radius 1 is 0.554 bits per heavy atom. The molecule has 0 saturated heterocycles. The van der Waals surface area contributed by atoms with Crippen molar-refractivity contribution in [1.29, 1.82) is 0 Å². The Kier molecular flexibility index (Phi) is 29.1. The van der Waals surface area contributed by atoms with E-state index in [2.05, 4.69) is 35.0 Å². The second kappa shape index (κ2) is 34.3. The molecule has 35 nitrogen and oxygen atoms in total. The number of amides is 2. The summed E-state index contributed by atoms with van der Waals surface area (Å²) < 4.78 is 12.6. The van der Waals surface area contributed by atoms with Gasteiger partial charge in [0.05, 0.1) is 84.4 Å². The normalized spacial score (nSPS) is 9.71. The molecule has 19 N–H and O–H groups in total. The minimum absolute atomic E-state index is 0. The van der Waals surface area contributed by atoms with E-state index in [4.69, 9.17) is 52.8 Å². The van der Waals surface area contributed by atoms with Gasteiger partial charge in [0.15, 0.2) is 5.69 Å². The molecule has 0 fully saturated rings. The monoisotopic (exact) mass is 1160 g/mol. The number of nitro groups is 3. The average molecular weight is 1160 g/mol. The second-order valence-electron chi connectivity index (χ2n) is 15.4. The van der Waals surface area contributed by atoms with Crippen LogP contribution in [-0.2, 0) is 35.9 Å². The molecule has 4 heterocycles. The number of hydrogen-bond donors (Lipinski definition) is 12. The van der Waals surface area contributed by atoms with Gasteiger partial charge in [-0.15, -0.1) is 0 Å². The van der Waals surface area contributed by atoms with Gasteiger partial charge in [-0.25, -0.2) is 23.6 Å². The summed E-state index contributed by atoms with van der Waals surface area (Å²) in [5.41, 5.74) is 19.0. The lowest BCUT2D eigenvalue weighted by atomic mass is 9.80. The molecule has 0 unspecified atom stereocenters. The van der Waals surface area contributed by atoms with E-state index in [9.17, 15) is 49.5 Å². The molecule has 0 aliphatic carbocycles. The summed E-state index contributed by atoms with van der Waals surface area (Å²) >= 11 is 0. The Morgan fingerprint density at radius 2 is 0.880 bits per heavy atom. The Labute approximate surface area is 467 Å². The number of benzene rings is 4. The van der Waals surface area contributed by atoms with Crippen molar-refractivity contribution >= 4 is 59.1 Å². The van der Waals surface area contributed by atoms with Crippen LogP contribution in [0.25, 0.3) is 17.1 Å². The molecule has 0 atom stereocenters. The lowest BCUT2D eigenvalue weighted by Crippen LogP contribution is -2.29. The first-order chi connectivity index (χ1) is 38.6. The van der Waals surface area contributed by atoms with Gasteiger partial charge >= 0.3 is 36.1 Å². The summed E-state index contributed by atoms with van der Waals surface area (Å²) in [6.07, 6.45) is 4.73. The SMILES string of the molecule is CO.COC(=O)c1[nH]ncc1[N+](=O)[O-].COC(=O)c1nn(-c2ccc(CO)cc2)cc1[N+](=O)[O-].N.NC(=O)c1nn(-c2ccc(CO)cc2)cc1N.NC(=O)c1nn(-c2ccc(CO)cc2)cc1[N+](=O)[O-].O.OCc1ccc(B(O)O)cc1. The molecule has 0 radical (unpaired) electrons. The van der Waals surface area contributed by atoms with Gasteiger partial charge in [-0.05, 0) is 64.1 Å². The Bertz CT molecular complexity index is 3360. The van der Waals surface area contributed by atoms with Crippen molar-refractivity contribution in [2.75, 3.05) is 27.1 Å². The highest BCUT2D eigenvalue weighted by atomic mass is 16.6. The van der Waals surface area contributed by atoms with E-state index in [1.807, 2.05) is 0 Å². The Morgan fingerprint density at radius 3 is 1.18 bits per heavy atom. The smallest absolute Gasteiger partial charge is 0.464 e. The first kappa shape index (κ1) is 70.3. The van der Waals surface area contributed by atoms with Crippen molar-refractivity contribution < 1.29 is 84.5 Å². The first-order valence-electron chi connectivity index (χ1n) is 22.5. The third kappa shape index (κ3) is 19.9. The van der Waals surface area contributed by atoms with E-state index >= 15 is 0 Å². The Hall–Kier alpha value is -10.7. The molecule has 36 heteroatoms. The number of aromatic nitrogens is 8. The quantitative estimate of drug-likeness (QED) is 0.0263. The summed E-state index contributed by atoms with van der Waals surface area (Å²) in [6.45, 7) is -0.255. The number of nitrogens with two attached hydrogens (primary N) is 3. The number of nitrogen functional groups attached to an aromatic ring is 1. The predicted molar refractivity (Wildman–Crippen MR) is 290 cm³/mol. The number of nitrogens with one attached hydrogen (secondary N) is 1. The fourth-order valence-corrected chi connectivity index (χ4v) is 6.12. The van der Waals surface area contributed by atoms with Crippen molar-refractivity contribution in [3.05, 3.63) is 197 Å². The highest BCUT2D eigenvalue weighted by Gasteiger charge is 2.27. The average Bonchev–Trinajstić information content (AvgIpc) is 4.46. The fourth-order valence-electron chi connectivity index (χ4n) is 6.12. The zero-order chi connectivity index (χ0) is 60.5. The third-order valence-electron chi connectivity index (χ3n) is 10.2. The highest BCUT2D eigenvalue weighted by Crippen LogP contribution is 2.22. The largest absolute Gasteiger partial charge is 0.488 e. The molecule has 4 aromatic heterocycles. The number of nitrogens with zero attached hydrogens (tertiary/aromatic N) is 10. The van der Waals surface area contributed by atoms with Crippen LogP contribution in [0.5, 0.6) is 0 Å². The molecule has 2 amide bonds. The zero-order valence-corrected chi connectivity index (χ0v) is 43.9. The van der Waals surface area contributed by atoms with Crippen molar-refractivity contribution in [3.8, 4) is 17.1 Å². The van der Waals surface area contributed by atoms with Crippen LogP contribution in [0.3, 0.4) is 0 Å². The molecule has 4 aromatic carbocycles. The maximum absolute atomic E-state index is 11.4. The van der Waals surface area contributed by atoms with Crippen LogP contribution >= 0.6 is 0 Å². The molecule has 442 valence electrons. The number of carbonyl (C=O) groups is 4. The molecule has 8 aromatic rings. The summed E-state index contributed by atoms with van der Waals surface area (Å²) in [7, 11) is 1.83. The van der Waals surface area contributed by atoms with Gasteiger partial charge in [0.1, 0.15) is 18.6 Å². The third-order valence-corrected chi connectivity index (χ3v) is 10.2. The van der Waals surface area contributed by atoms with Crippen LogP contribution < -0.4 is 28.8 Å². The number of ether oxygens (including phenoxy) is 2. The van der Waals surface area contributed by atoms with E-state index in [1.54, 1.807) is 97.1 Å². The maximum Gasteiger partial charge on any atom is 0.488 e. The number of aliphatic hydroxyl groups excluding tert-OH is 5. The van der Waals surface area contributed by atoms with Crippen LogP contribution in [0.1, 0.15) is 64.2 Å². The lowest BCUT2D eigenvalue weighted by molar-refractivity contribution is -0.385. The van der Waals surface area contributed by atoms with Gasteiger partial charge in [0.25, 0.3) is 11.8 Å². The van der Waals surface area contributed by atoms with Gasteiger partial charge in [-0.3, -0.25) is 45.0 Å². The van der Waals surface area contributed by atoms with E-state index in [-0.39, 0.29) is 66.5 Å². The highest BCUT2D eigenvalue weighted by molar-refractivity contribution is 6.58. The van der Waals surface area contributed by atoms with Gasteiger partial charge < -0.3 is 73.9 Å². The minimum atomic E-state index is -1.43. The van der Waals surface area contributed by atoms with Gasteiger partial charge in [0.2, 0.25) is 17.1 Å². The summed E-state index contributed by atoms with van der Waals surface area (Å²) in [6, 6.07) is 26.6. The molecule has 8 rings (SSSR count). The van der Waals surface area contributed by atoms with Gasteiger partial charge in [-0.2, -0.15) is 20.4 Å². The number of aliphatic hydroxyl groups is 5. The lowest BCUT2D eigenvalue weighted by Gasteiger charge is -2.01. The van der Waals surface area contributed by atoms with Crippen molar-refractivity contribution in [2.45, 2.75) is 26.4 Å². The molecular formula is C47H56BN15O20. The van der Waals surface area contributed by atoms with Gasteiger partial charge in [-0.1, -0.05) is 60.7 Å². The number of carbonyl (C=O) groups excluding carboxylic acids is 4. The fraction of sp³-hybridized carbons (Fsp3) is 0.149. The molecule has 0 aliphatic heterocycles. The number of rotatable bonds is 15. The molecule has 83 heavy (non-hydrogen) atoms. The van der Waals surface area contributed by atoms with Crippen LogP contribution in [-0.4, -0.2) is 148 Å². The summed E-state index contributed by atoms with van der Waals surface area (Å²) in [5, 5.41) is 109. The standard InChI is InChI=1S/C12H11N3O5.C11H10N4O4.C11H12N4O2.C7H9BO3.C5H5N3O4.CH4O.H3N.H2O/c1-20-12(17)11-10(15(18)19)6-14(13-11)9-4-2-8(7-16)3-5-9;12-11(17)10-9(15(18)19)5-14(13-10)8-3-1-7(6-16)2-4-8;12-9-5-15(14-10(9)11(13)17)8-3-1-7(6-16)2-4-8;9-5-6-1-3-7(4-2-6)8(10)11;1-12-5(9)4-3(8(10)11)2-6-7-4;1-2;;/h2-6,16H,7H2,1H3;1-5,16H,6H2,(H2,12,17);1-5,16H,6,12H2,(H2,13,17);1-4,9-11H,5H2;2H,1H3,(H,6,7);2H,1H3;1H3;1H2. The minimum Gasteiger partial charge on any atom is -0.464 e. The Balaban J connectivity index is 0.000000520. The molecule has 0 aliphatic rings. The number of anilines is 1. The summed E-state index contributed by atoms with van der Waals surface area (Å²) in [4.78, 5) is 74.1. The second-order valence-corrected chi connectivity index (χ2v) is 15.4. The molecule has 0 bridgehead atoms. The van der Waals surface area contributed by atoms with E-state index in [1.165, 1.54) is 20.2 Å². The number of primary amides is 2. The number of esters is 2. The number of hydrogen-bond acceptors (Lipinski definition) is 25. The zero-order valence-electron chi connectivity index (χ0n) is 43.9. The van der Waals surface area contributed by atoms with Crippen LogP contribution in [0.4, 0.5) is 22.7 Å². The molecule has 0 saturated carbocycles. The number of H-pyrrole nitrogens is 1. The van der Waals surface area contributed by atoms with E-state index in [0.29, 0.717) is 28.0 Å². The summed E-state index contributed by atoms with van der Waals surface area (Å²) in [5.74, 6) is -3.30. The van der Waals surface area contributed by atoms with Crippen molar-refractivity contribution in [3.63, 3.8) is 0 Å².